The van der Waals surface area contributed by atoms with E-state index in [2.05, 4.69) is 0 Å². The van der Waals surface area contributed by atoms with Gasteiger partial charge in [0.15, 0.2) is 0 Å². The molecule has 0 spiro atoms. The molecule has 0 aromatic carbocycles. The number of rotatable bonds is 8. The molecular weight excluding hydrogens is 480 g/mol. The molecule has 13 heteroatoms. The molecule has 0 radical (unpaired) electrons. The summed E-state index contributed by atoms with van der Waals surface area (Å²) in [4.78, 5) is 39.6. The molecule has 0 amide bonds. The van der Waals surface area contributed by atoms with Gasteiger partial charge in [-0.2, -0.15) is 0 Å². The maximum Gasteiger partial charge on any atom is 4.00 e. The number of carbonyl (C=O) groups is 4. The van der Waals surface area contributed by atoms with E-state index in [0.717, 1.165) is 0 Å². The van der Waals surface area contributed by atoms with Crippen molar-refractivity contribution in [3.05, 3.63) is 0 Å². The van der Waals surface area contributed by atoms with Crippen molar-refractivity contribution in [2.45, 2.75) is 103 Å². The van der Waals surface area contributed by atoms with Crippen LogP contribution in [0.1, 0.15) is 81.1 Å². The number of aliphatic hydroxyl groups is 4. The molecule has 12 nitrogen and oxygen atoms in total. The van der Waals surface area contributed by atoms with E-state index in [4.69, 9.17) is 20.4 Å². The van der Waals surface area contributed by atoms with E-state index in [1.165, 1.54) is 27.7 Å². The fraction of sp³-hybridized carbons (Fsp3) is 0.800. The molecule has 33 heavy (non-hydrogen) atoms. The molecular formula is C20H36O12Ti. The minimum Gasteiger partial charge on any atom is -0.547 e. The van der Waals surface area contributed by atoms with Crippen LogP contribution >= 0.6 is 0 Å². The summed E-state index contributed by atoms with van der Waals surface area (Å²) in [6, 6.07) is 0. The number of carbonyl (C=O) groups excluding carboxylic acids is 4. The summed E-state index contributed by atoms with van der Waals surface area (Å²) in [6.45, 7) is 11.2. The van der Waals surface area contributed by atoms with Crippen LogP contribution in [0.4, 0.5) is 0 Å². The summed E-state index contributed by atoms with van der Waals surface area (Å²) < 4.78 is 0. The number of aliphatic carboxylic acids is 4. The first-order chi connectivity index (χ1) is 14.0. The third-order valence-electron chi connectivity index (χ3n) is 4.51. The van der Waals surface area contributed by atoms with Gasteiger partial charge in [0.05, 0.1) is 23.9 Å². The summed E-state index contributed by atoms with van der Waals surface area (Å²) in [5, 5.41) is 74.5. The largest absolute Gasteiger partial charge is 4.00 e. The van der Waals surface area contributed by atoms with Crippen molar-refractivity contribution in [1.82, 2.24) is 0 Å². The van der Waals surface area contributed by atoms with E-state index in [9.17, 15) is 39.6 Å². The molecule has 192 valence electrons. The monoisotopic (exact) mass is 516 g/mol. The molecule has 4 N–H and O–H groups in total. The van der Waals surface area contributed by atoms with Crippen LogP contribution in [-0.4, -0.2) is 66.7 Å². The Bertz CT molecular complexity index is 494. The van der Waals surface area contributed by atoms with E-state index >= 15 is 0 Å². The maximum absolute atomic E-state index is 9.89. The standard InChI is InChI=1S/4C5H10O3.Ti/c4*1-3-5(2,8)4(6)7;/h4*8H,3H2,1-2H3,(H,6,7);/q;;;;+4/p-4. The second-order valence-corrected chi connectivity index (χ2v) is 7.66. The number of hydrogen-bond acceptors (Lipinski definition) is 12. The summed E-state index contributed by atoms with van der Waals surface area (Å²) >= 11 is 0. The topological polar surface area (TPSA) is 241 Å². The average molecular weight is 516 g/mol. The van der Waals surface area contributed by atoms with Crippen LogP contribution in [0, 0.1) is 0 Å². The van der Waals surface area contributed by atoms with Crippen molar-refractivity contribution in [3.63, 3.8) is 0 Å². The average Bonchev–Trinajstić information content (AvgIpc) is 2.68. The number of carboxylic acids is 4. The van der Waals surface area contributed by atoms with Crippen LogP contribution in [0.15, 0.2) is 0 Å². The molecule has 4 atom stereocenters. The summed E-state index contributed by atoms with van der Waals surface area (Å²) in [6.07, 6.45) is 0.704. The first-order valence-electron chi connectivity index (χ1n) is 9.77. The van der Waals surface area contributed by atoms with Crippen LogP contribution in [-0.2, 0) is 40.9 Å². The first-order valence-corrected chi connectivity index (χ1v) is 9.77. The van der Waals surface area contributed by atoms with Crippen LogP contribution in [0.2, 0.25) is 0 Å². The Kier molecular flexibility index (Phi) is 22.5. The Hall–Kier alpha value is -1.57. The van der Waals surface area contributed by atoms with Gasteiger partial charge in [-0.15, -0.1) is 0 Å². The quantitative estimate of drug-likeness (QED) is 0.224. The molecule has 0 aliphatic heterocycles. The Morgan fingerprint density at radius 3 is 0.576 bits per heavy atom. The zero-order valence-electron chi connectivity index (χ0n) is 20.4. The second-order valence-electron chi connectivity index (χ2n) is 7.66. The normalized spacial score (nSPS) is 16.8. The van der Waals surface area contributed by atoms with Crippen molar-refractivity contribution in [3.8, 4) is 0 Å². The molecule has 0 aromatic heterocycles. The van der Waals surface area contributed by atoms with E-state index in [-0.39, 0.29) is 47.4 Å². The zero-order chi connectivity index (χ0) is 27.1. The van der Waals surface area contributed by atoms with E-state index in [1.807, 2.05) is 0 Å². The molecule has 0 rings (SSSR count). The Morgan fingerprint density at radius 1 is 0.485 bits per heavy atom. The minimum atomic E-state index is -1.65. The van der Waals surface area contributed by atoms with Crippen LogP contribution in [0.5, 0.6) is 0 Å². The van der Waals surface area contributed by atoms with Gasteiger partial charge in [0, 0.05) is 0 Å². The van der Waals surface area contributed by atoms with Gasteiger partial charge in [0.2, 0.25) is 0 Å². The minimum absolute atomic E-state index is 0. The first kappa shape index (κ1) is 41.7. The second kappa shape index (κ2) is 17.8. The third-order valence-corrected chi connectivity index (χ3v) is 4.51. The van der Waals surface area contributed by atoms with Crippen LogP contribution in [0.25, 0.3) is 0 Å². The van der Waals surface area contributed by atoms with Crippen LogP contribution < -0.4 is 20.4 Å². The molecule has 0 saturated heterocycles. The van der Waals surface area contributed by atoms with Crippen molar-refractivity contribution in [2.75, 3.05) is 0 Å². The Morgan fingerprint density at radius 2 is 0.576 bits per heavy atom. The van der Waals surface area contributed by atoms with E-state index in [0.29, 0.717) is 0 Å². The summed E-state index contributed by atoms with van der Waals surface area (Å²) in [5.41, 5.74) is -6.61. The molecule has 0 aliphatic rings. The molecule has 0 aliphatic carbocycles. The predicted octanol–water partition coefficient (Wildman–Crippen LogP) is -4.41. The van der Waals surface area contributed by atoms with Crippen molar-refractivity contribution >= 4 is 23.9 Å². The molecule has 0 aromatic rings. The van der Waals surface area contributed by atoms with Crippen molar-refractivity contribution in [2.24, 2.45) is 0 Å². The molecule has 0 fully saturated rings. The van der Waals surface area contributed by atoms with Gasteiger partial charge in [-0.3, -0.25) is 0 Å². The van der Waals surface area contributed by atoms with Gasteiger partial charge >= 0.3 is 21.7 Å². The molecule has 0 saturated carbocycles. The predicted molar refractivity (Wildman–Crippen MR) is 104 cm³/mol. The fourth-order valence-electron chi connectivity index (χ4n) is 0.577. The zero-order valence-corrected chi connectivity index (χ0v) is 21.9. The maximum atomic E-state index is 9.89. The van der Waals surface area contributed by atoms with E-state index in [1.54, 1.807) is 27.7 Å². The summed E-state index contributed by atoms with van der Waals surface area (Å²) in [5.74, 6) is -5.67. The van der Waals surface area contributed by atoms with Gasteiger partial charge in [0.25, 0.3) is 0 Å². The molecule has 0 heterocycles. The third kappa shape index (κ3) is 20.8. The smallest absolute Gasteiger partial charge is 0.547 e. The Balaban J connectivity index is -0.000000105. The number of hydrogen-bond donors (Lipinski definition) is 4. The van der Waals surface area contributed by atoms with Gasteiger partial charge in [-0.25, -0.2) is 0 Å². The van der Waals surface area contributed by atoms with E-state index < -0.39 is 46.3 Å². The van der Waals surface area contributed by atoms with Gasteiger partial charge < -0.3 is 60.0 Å². The SMILES string of the molecule is CCC(C)(O)C(=O)[O-].CCC(C)(O)C(=O)[O-].CCC(C)(O)C(=O)[O-].CCC(C)(O)C(=O)[O-].[Ti+4]. The van der Waals surface area contributed by atoms with Crippen LogP contribution in [0.3, 0.4) is 0 Å². The molecule has 4 unspecified atom stereocenters. The molecule has 0 bridgehead atoms. The van der Waals surface area contributed by atoms with Gasteiger partial charge in [-0.05, 0) is 53.4 Å². The van der Waals surface area contributed by atoms with Crippen molar-refractivity contribution in [1.29, 1.82) is 0 Å². The van der Waals surface area contributed by atoms with Crippen molar-refractivity contribution < 1.29 is 81.7 Å². The summed E-state index contributed by atoms with van der Waals surface area (Å²) in [7, 11) is 0. The fourth-order valence-corrected chi connectivity index (χ4v) is 0.577. The van der Waals surface area contributed by atoms with Gasteiger partial charge in [0.1, 0.15) is 22.4 Å². The Labute approximate surface area is 209 Å². The number of carboxylic acid groups (broad SMARTS) is 4. The van der Waals surface area contributed by atoms with Gasteiger partial charge in [-0.1, -0.05) is 27.7 Å².